The average molecular weight is 341 g/mol. The van der Waals surface area contributed by atoms with Gasteiger partial charge in [0.1, 0.15) is 0 Å². The van der Waals surface area contributed by atoms with Gasteiger partial charge in [-0.15, -0.1) is 0 Å². The number of hydrogen-bond donors (Lipinski definition) is 2. The number of methoxy groups -OCH3 is 2. The zero-order valence-corrected chi connectivity index (χ0v) is 15.0. The molecule has 2 N–H and O–H groups in total. The number of phenols is 2. The maximum absolute atomic E-state index is 10.7. The Hall–Kier alpha value is -2.40. The van der Waals surface area contributed by atoms with Crippen LogP contribution in [-0.4, -0.2) is 42.9 Å². The van der Waals surface area contributed by atoms with Crippen LogP contribution in [0.1, 0.15) is 28.3 Å². The Labute approximate surface area is 147 Å². The van der Waals surface area contributed by atoms with Gasteiger partial charge in [0.25, 0.3) is 0 Å². The Morgan fingerprint density at radius 3 is 2.60 bits per heavy atom. The number of phenolic OH excluding ortho intramolecular Hbond substituents is 2. The Bertz CT molecular complexity index is 875. The molecule has 2 aliphatic rings. The van der Waals surface area contributed by atoms with E-state index in [9.17, 15) is 10.2 Å². The molecule has 2 aromatic carbocycles. The molecule has 0 amide bonds. The third-order valence-corrected chi connectivity index (χ3v) is 5.72. The van der Waals surface area contributed by atoms with Crippen LogP contribution >= 0.6 is 0 Å². The Balaban J connectivity index is 2.11. The van der Waals surface area contributed by atoms with Crippen LogP contribution in [0.2, 0.25) is 0 Å². The molecular weight excluding hydrogens is 318 g/mol. The highest BCUT2D eigenvalue weighted by atomic mass is 16.5. The van der Waals surface area contributed by atoms with Gasteiger partial charge in [0.05, 0.1) is 14.2 Å². The van der Waals surface area contributed by atoms with E-state index in [4.69, 9.17) is 9.47 Å². The zero-order valence-electron chi connectivity index (χ0n) is 15.0. The van der Waals surface area contributed by atoms with Gasteiger partial charge in [-0.1, -0.05) is 0 Å². The van der Waals surface area contributed by atoms with E-state index in [1.165, 1.54) is 11.1 Å². The van der Waals surface area contributed by atoms with E-state index in [-0.39, 0.29) is 17.5 Å². The highest BCUT2D eigenvalue weighted by Crippen LogP contribution is 2.54. The third kappa shape index (κ3) is 2.12. The summed E-state index contributed by atoms with van der Waals surface area (Å²) in [5, 5.41) is 20.9. The molecule has 4 rings (SSSR count). The molecular formula is C20H23NO4. The van der Waals surface area contributed by atoms with E-state index < -0.39 is 0 Å². The van der Waals surface area contributed by atoms with Gasteiger partial charge in [0.2, 0.25) is 0 Å². The van der Waals surface area contributed by atoms with E-state index in [1.807, 2.05) is 13.0 Å². The van der Waals surface area contributed by atoms with Gasteiger partial charge < -0.3 is 19.7 Å². The van der Waals surface area contributed by atoms with Crippen LogP contribution in [0.15, 0.2) is 12.1 Å². The monoisotopic (exact) mass is 341 g/mol. The van der Waals surface area contributed by atoms with Crippen molar-refractivity contribution in [1.29, 1.82) is 0 Å². The van der Waals surface area contributed by atoms with E-state index in [2.05, 4.69) is 11.9 Å². The van der Waals surface area contributed by atoms with Crippen LogP contribution in [0.3, 0.4) is 0 Å². The number of hydrogen-bond acceptors (Lipinski definition) is 5. The van der Waals surface area contributed by atoms with Crippen LogP contribution in [0.25, 0.3) is 11.1 Å². The summed E-state index contributed by atoms with van der Waals surface area (Å²) in [6.07, 6.45) is 1.72. The van der Waals surface area contributed by atoms with Crippen molar-refractivity contribution in [3.63, 3.8) is 0 Å². The number of nitrogens with zero attached hydrogens (tertiary/aromatic N) is 1. The smallest absolute Gasteiger partial charge is 0.168 e. The van der Waals surface area contributed by atoms with E-state index >= 15 is 0 Å². The molecule has 1 heterocycles. The number of ether oxygens (including phenoxy) is 2. The molecule has 0 bridgehead atoms. The van der Waals surface area contributed by atoms with E-state index in [0.717, 1.165) is 41.6 Å². The minimum atomic E-state index is 0.138. The number of rotatable bonds is 2. The quantitative estimate of drug-likeness (QED) is 0.878. The number of benzene rings is 2. The molecule has 1 unspecified atom stereocenters. The molecule has 0 radical (unpaired) electrons. The molecule has 1 aliphatic carbocycles. The van der Waals surface area contributed by atoms with Crippen molar-refractivity contribution in [1.82, 2.24) is 4.90 Å². The lowest BCUT2D eigenvalue weighted by Gasteiger charge is -2.41. The fourth-order valence-corrected chi connectivity index (χ4v) is 4.37. The average Bonchev–Trinajstić information content (AvgIpc) is 2.60. The summed E-state index contributed by atoms with van der Waals surface area (Å²) in [4.78, 5) is 2.34. The second-order valence-electron chi connectivity index (χ2n) is 6.91. The van der Waals surface area contributed by atoms with Crippen LogP contribution in [0.5, 0.6) is 23.0 Å². The minimum absolute atomic E-state index is 0.138. The molecule has 5 heteroatoms. The fourth-order valence-electron chi connectivity index (χ4n) is 4.37. The van der Waals surface area contributed by atoms with Crippen LogP contribution in [-0.2, 0) is 12.8 Å². The van der Waals surface area contributed by atoms with Gasteiger partial charge in [0.15, 0.2) is 23.0 Å². The number of fused-ring (bicyclic) bond motifs is 2. The van der Waals surface area contributed by atoms with Gasteiger partial charge in [-0.25, -0.2) is 0 Å². The van der Waals surface area contributed by atoms with Crippen molar-refractivity contribution in [2.45, 2.75) is 25.8 Å². The van der Waals surface area contributed by atoms with Crippen molar-refractivity contribution < 1.29 is 19.7 Å². The SMILES string of the molecule is COc1cc2c(cc1O)CC1c3c(c(C)c(O)c(OC)c3-2)CCN1C. The molecule has 1 aliphatic heterocycles. The molecule has 132 valence electrons. The first-order chi connectivity index (χ1) is 12.0. The standard InChI is InChI=1S/C20H23NO4/c1-10-12-5-6-21(2)14-7-11-8-15(22)16(24-3)9-13(11)18(17(12)14)20(25-4)19(10)23/h8-9,14,22-23H,5-7H2,1-4H3. The Morgan fingerprint density at radius 1 is 1.16 bits per heavy atom. The lowest BCUT2D eigenvalue weighted by atomic mass is 9.75. The molecule has 0 spiro atoms. The summed E-state index contributed by atoms with van der Waals surface area (Å²) in [6.45, 7) is 2.91. The molecule has 5 nitrogen and oxygen atoms in total. The van der Waals surface area contributed by atoms with E-state index in [1.54, 1.807) is 20.3 Å². The summed E-state index contributed by atoms with van der Waals surface area (Å²) in [5.41, 5.74) is 6.29. The first-order valence-electron chi connectivity index (χ1n) is 8.50. The normalized spacial score (nSPS) is 18.5. The fraction of sp³-hybridized carbons (Fsp3) is 0.400. The maximum atomic E-state index is 10.7. The first kappa shape index (κ1) is 16.1. The minimum Gasteiger partial charge on any atom is -0.504 e. The molecule has 0 aromatic heterocycles. The highest BCUT2D eigenvalue weighted by molar-refractivity contribution is 5.85. The molecule has 0 saturated heterocycles. The van der Waals surface area contributed by atoms with Gasteiger partial charge in [-0.3, -0.25) is 4.90 Å². The molecule has 0 fully saturated rings. The van der Waals surface area contributed by atoms with Gasteiger partial charge in [0, 0.05) is 18.2 Å². The first-order valence-corrected chi connectivity index (χ1v) is 8.50. The van der Waals surface area contributed by atoms with E-state index in [0.29, 0.717) is 11.5 Å². The number of aromatic hydroxyl groups is 2. The summed E-state index contributed by atoms with van der Waals surface area (Å²) in [5.74, 6) is 1.28. The second kappa shape index (κ2) is 5.56. The second-order valence-corrected chi connectivity index (χ2v) is 6.91. The molecule has 0 saturated carbocycles. The van der Waals surface area contributed by atoms with Crippen LogP contribution in [0.4, 0.5) is 0 Å². The predicted molar refractivity (Wildman–Crippen MR) is 95.8 cm³/mol. The van der Waals surface area contributed by atoms with Gasteiger partial charge in [-0.05, 0) is 66.8 Å². The number of likely N-dealkylation sites (N-methyl/N-ethyl adjacent to an activating group) is 1. The molecule has 25 heavy (non-hydrogen) atoms. The van der Waals surface area contributed by atoms with Crippen molar-refractivity contribution in [3.8, 4) is 34.1 Å². The van der Waals surface area contributed by atoms with Crippen LogP contribution in [0, 0.1) is 6.92 Å². The Morgan fingerprint density at radius 2 is 1.92 bits per heavy atom. The zero-order chi connectivity index (χ0) is 17.9. The summed E-state index contributed by atoms with van der Waals surface area (Å²) >= 11 is 0. The Kier molecular flexibility index (Phi) is 3.58. The molecule has 1 atom stereocenters. The van der Waals surface area contributed by atoms with Crippen molar-refractivity contribution in [3.05, 3.63) is 34.4 Å². The maximum Gasteiger partial charge on any atom is 0.168 e. The van der Waals surface area contributed by atoms with Crippen LogP contribution < -0.4 is 9.47 Å². The summed E-state index contributed by atoms with van der Waals surface area (Å²) < 4.78 is 10.9. The summed E-state index contributed by atoms with van der Waals surface area (Å²) in [6, 6.07) is 3.84. The van der Waals surface area contributed by atoms with Gasteiger partial charge >= 0.3 is 0 Å². The lowest BCUT2D eigenvalue weighted by molar-refractivity contribution is 0.226. The van der Waals surface area contributed by atoms with Crippen molar-refractivity contribution >= 4 is 0 Å². The summed E-state index contributed by atoms with van der Waals surface area (Å²) in [7, 11) is 5.26. The topological polar surface area (TPSA) is 62.2 Å². The molecule has 2 aromatic rings. The van der Waals surface area contributed by atoms with Gasteiger partial charge in [-0.2, -0.15) is 0 Å². The predicted octanol–water partition coefficient (Wildman–Crippen LogP) is 3.18. The highest BCUT2D eigenvalue weighted by Gasteiger charge is 2.37. The van der Waals surface area contributed by atoms with Crippen molar-refractivity contribution in [2.75, 3.05) is 27.8 Å². The van der Waals surface area contributed by atoms with Crippen molar-refractivity contribution in [2.24, 2.45) is 0 Å². The lowest BCUT2D eigenvalue weighted by Crippen LogP contribution is -2.36. The largest absolute Gasteiger partial charge is 0.504 e. The third-order valence-electron chi connectivity index (χ3n) is 5.72.